The van der Waals surface area contributed by atoms with Gasteiger partial charge in [-0.3, -0.25) is 9.79 Å². The highest BCUT2D eigenvalue weighted by atomic mass is 16.1. The summed E-state index contributed by atoms with van der Waals surface area (Å²) in [5.41, 5.74) is 9.85. The number of carbonyl (C=O) groups is 1. The van der Waals surface area contributed by atoms with Crippen LogP contribution < -0.4 is 11.5 Å². The molecule has 0 spiro atoms. The molecular formula is C4H9N3O. The minimum absolute atomic E-state index is 0.138. The van der Waals surface area contributed by atoms with Crippen LogP contribution in [0.25, 0.3) is 0 Å². The molecule has 0 saturated carbocycles. The van der Waals surface area contributed by atoms with Gasteiger partial charge in [0, 0.05) is 6.54 Å². The van der Waals surface area contributed by atoms with Crippen molar-refractivity contribution in [2.24, 2.45) is 16.5 Å². The molecular weight excluding hydrogens is 106 g/mol. The maximum atomic E-state index is 10.2. The molecule has 8 heavy (non-hydrogen) atoms. The Bertz CT molecular complexity index is 101. The van der Waals surface area contributed by atoms with Crippen LogP contribution in [0.2, 0.25) is 0 Å². The first-order valence-electron chi connectivity index (χ1n) is 2.17. The van der Waals surface area contributed by atoms with Crippen LogP contribution in [0.4, 0.5) is 0 Å². The first-order chi connectivity index (χ1) is 3.72. The standard InChI is InChI=1S/C4H9N3O/c1-7-3(2-5)4(6)8/h3H,1-2,5H2,(H2,6,8). The van der Waals surface area contributed by atoms with Crippen molar-refractivity contribution >= 4 is 12.6 Å². The van der Waals surface area contributed by atoms with Crippen molar-refractivity contribution in [1.82, 2.24) is 0 Å². The fourth-order valence-electron chi connectivity index (χ4n) is 0.281. The fourth-order valence-corrected chi connectivity index (χ4v) is 0.281. The molecule has 4 heteroatoms. The summed E-state index contributed by atoms with van der Waals surface area (Å²) in [6.45, 7) is 3.26. The van der Waals surface area contributed by atoms with Crippen LogP contribution >= 0.6 is 0 Å². The predicted molar refractivity (Wildman–Crippen MR) is 31.6 cm³/mol. The number of primary amides is 1. The average molecular weight is 115 g/mol. The molecule has 0 aromatic carbocycles. The monoisotopic (exact) mass is 115 g/mol. The molecule has 0 aromatic heterocycles. The Kier molecular flexibility index (Phi) is 2.79. The third kappa shape index (κ3) is 1.70. The number of hydrogen-bond donors (Lipinski definition) is 2. The van der Waals surface area contributed by atoms with Gasteiger partial charge in [0.25, 0.3) is 0 Å². The summed E-state index contributed by atoms with van der Waals surface area (Å²) in [4.78, 5) is 13.5. The minimum atomic E-state index is -0.616. The second kappa shape index (κ2) is 3.15. The first-order valence-corrected chi connectivity index (χ1v) is 2.17. The molecule has 1 unspecified atom stereocenters. The zero-order valence-corrected chi connectivity index (χ0v) is 4.50. The van der Waals surface area contributed by atoms with Gasteiger partial charge < -0.3 is 11.5 Å². The van der Waals surface area contributed by atoms with Crippen LogP contribution in [-0.2, 0) is 4.79 Å². The van der Waals surface area contributed by atoms with Gasteiger partial charge >= 0.3 is 0 Å². The number of aliphatic imine (C=N–C) groups is 1. The molecule has 0 radical (unpaired) electrons. The van der Waals surface area contributed by atoms with Crippen molar-refractivity contribution in [1.29, 1.82) is 0 Å². The summed E-state index contributed by atoms with van der Waals surface area (Å²) in [6, 6.07) is -0.616. The van der Waals surface area contributed by atoms with Gasteiger partial charge in [-0.2, -0.15) is 0 Å². The lowest BCUT2D eigenvalue weighted by molar-refractivity contribution is -0.118. The summed E-state index contributed by atoms with van der Waals surface area (Å²) in [6.07, 6.45) is 0. The van der Waals surface area contributed by atoms with Gasteiger partial charge in [-0.05, 0) is 6.72 Å². The van der Waals surface area contributed by atoms with E-state index in [2.05, 4.69) is 11.7 Å². The summed E-state index contributed by atoms with van der Waals surface area (Å²) >= 11 is 0. The van der Waals surface area contributed by atoms with E-state index in [0.717, 1.165) is 0 Å². The van der Waals surface area contributed by atoms with Crippen LogP contribution in [0.1, 0.15) is 0 Å². The average Bonchev–Trinajstić information content (AvgIpc) is 1.69. The highest BCUT2D eigenvalue weighted by molar-refractivity contribution is 5.80. The third-order valence-electron chi connectivity index (χ3n) is 0.772. The van der Waals surface area contributed by atoms with E-state index < -0.39 is 11.9 Å². The zero-order valence-electron chi connectivity index (χ0n) is 4.50. The van der Waals surface area contributed by atoms with Gasteiger partial charge in [0.1, 0.15) is 6.04 Å². The Morgan fingerprint density at radius 3 is 2.38 bits per heavy atom. The Hall–Kier alpha value is -0.900. The highest BCUT2D eigenvalue weighted by Gasteiger charge is 2.07. The van der Waals surface area contributed by atoms with Gasteiger partial charge in [0.15, 0.2) is 0 Å². The minimum Gasteiger partial charge on any atom is -0.368 e. The summed E-state index contributed by atoms with van der Waals surface area (Å²) in [7, 11) is 0. The largest absolute Gasteiger partial charge is 0.368 e. The second-order valence-corrected chi connectivity index (χ2v) is 1.34. The van der Waals surface area contributed by atoms with Crippen LogP contribution in [0.15, 0.2) is 4.99 Å². The van der Waals surface area contributed by atoms with Gasteiger partial charge in [-0.25, -0.2) is 0 Å². The molecule has 0 aliphatic heterocycles. The second-order valence-electron chi connectivity index (χ2n) is 1.34. The molecule has 0 bridgehead atoms. The number of amides is 1. The van der Waals surface area contributed by atoms with Crippen molar-refractivity contribution in [3.05, 3.63) is 0 Å². The molecule has 4 N–H and O–H groups in total. The Labute approximate surface area is 47.6 Å². The van der Waals surface area contributed by atoms with E-state index in [1.807, 2.05) is 0 Å². The number of rotatable bonds is 3. The van der Waals surface area contributed by atoms with E-state index in [1.54, 1.807) is 0 Å². The lowest BCUT2D eigenvalue weighted by Crippen LogP contribution is -2.33. The van der Waals surface area contributed by atoms with Crippen molar-refractivity contribution in [2.45, 2.75) is 6.04 Å². The predicted octanol–water partition coefficient (Wildman–Crippen LogP) is -1.50. The van der Waals surface area contributed by atoms with Gasteiger partial charge in [0.05, 0.1) is 0 Å². The molecule has 0 aliphatic carbocycles. The van der Waals surface area contributed by atoms with E-state index in [0.29, 0.717) is 0 Å². The molecule has 0 heterocycles. The quantitative estimate of drug-likeness (QED) is 0.439. The van der Waals surface area contributed by atoms with Gasteiger partial charge in [-0.1, -0.05) is 0 Å². The van der Waals surface area contributed by atoms with Crippen molar-refractivity contribution < 1.29 is 4.79 Å². The van der Waals surface area contributed by atoms with Gasteiger partial charge in [0.2, 0.25) is 5.91 Å². The molecule has 1 amide bonds. The number of carbonyl (C=O) groups excluding carboxylic acids is 1. The maximum Gasteiger partial charge on any atom is 0.243 e. The number of nitrogens with zero attached hydrogens (tertiary/aromatic N) is 1. The van der Waals surface area contributed by atoms with Crippen molar-refractivity contribution in [2.75, 3.05) is 6.54 Å². The first kappa shape index (κ1) is 7.10. The topological polar surface area (TPSA) is 81.5 Å². The molecule has 0 saturated heterocycles. The zero-order chi connectivity index (χ0) is 6.57. The Morgan fingerprint density at radius 2 is 2.38 bits per heavy atom. The molecule has 0 fully saturated rings. The molecule has 0 rings (SSSR count). The van der Waals surface area contributed by atoms with Crippen LogP contribution in [0, 0.1) is 0 Å². The summed E-state index contributed by atoms with van der Waals surface area (Å²) in [5.74, 6) is -0.525. The van der Waals surface area contributed by atoms with E-state index in [4.69, 9.17) is 11.5 Å². The van der Waals surface area contributed by atoms with E-state index in [1.165, 1.54) is 0 Å². The Balaban J connectivity index is 3.69. The van der Waals surface area contributed by atoms with Crippen LogP contribution in [0.5, 0.6) is 0 Å². The van der Waals surface area contributed by atoms with E-state index >= 15 is 0 Å². The van der Waals surface area contributed by atoms with E-state index in [9.17, 15) is 4.79 Å². The molecule has 0 aliphatic rings. The molecule has 0 aromatic rings. The lowest BCUT2D eigenvalue weighted by Gasteiger charge is -2.00. The highest BCUT2D eigenvalue weighted by Crippen LogP contribution is 1.81. The SMILES string of the molecule is C=NC(CN)C(N)=O. The third-order valence-corrected chi connectivity index (χ3v) is 0.772. The fraction of sp³-hybridized carbons (Fsp3) is 0.500. The smallest absolute Gasteiger partial charge is 0.243 e. The normalized spacial score (nSPS) is 12.6. The molecule has 1 atom stereocenters. The van der Waals surface area contributed by atoms with Crippen molar-refractivity contribution in [3.8, 4) is 0 Å². The lowest BCUT2D eigenvalue weighted by atomic mass is 10.3. The van der Waals surface area contributed by atoms with E-state index in [-0.39, 0.29) is 6.54 Å². The van der Waals surface area contributed by atoms with Crippen LogP contribution in [-0.4, -0.2) is 25.2 Å². The van der Waals surface area contributed by atoms with Crippen molar-refractivity contribution in [3.63, 3.8) is 0 Å². The molecule has 4 nitrogen and oxygen atoms in total. The summed E-state index contributed by atoms with van der Waals surface area (Å²) in [5, 5.41) is 0. The Morgan fingerprint density at radius 1 is 1.88 bits per heavy atom. The number of hydrogen-bond acceptors (Lipinski definition) is 3. The van der Waals surface area contributed by atoms with Gasteiger partial charge in [-0.15, -0.1) is 0 Å². The molecule has 46 valence electrons. The number of nitrogens with two attached hydrogens (primary N) is 2. The maximum absolute atomic E-state index is 10.2. The summed E-state index contributed by atoms with van der Waals surface area (Å²) < 4.78 is 0. The van der Waals surface area contributed by atoms with Crippen LogP contribution in [0.3, 0.4) is 0 Å².